The van der Waals surface area contributed by atoms with Crippen LogP contribution in [0.3, 0.4) is 0 Å². The number of piperidine rings is 1. The molecule has 2 aliphatic rings. The summed E-state index contributed by atoms with van der Waals surface area (Å²) < 4.78 is 0. The van der Waals surface area contributed by atoms with E-state index in [-0.39, 0.29) is 17.8 Å². The van der Waals surface area contributed by atoms with Crippen LogP contribution in [0, 0.1) is 5.41 Å². The molecule has 16 heavy (non-hydrogen) atoms. The molecular weight excluding hydrogens is 224 g/mol. The Morgan fingerprint density at radius 2 is 2.25 bits per heavy atom. The van der Waals surface area contributed by atoms with Crippen molar-refractivity contribution in [3.05, 3.63) is 0 Å². The molecule has 1 heterocycles. The summed E-state index contributed by atoms with van der Waals surface area (Å²) in [6, 6.07) is 0.376. The highest BCUT2D eigenvalue weighted by Gasteiger charge is 2.48. The SMILES string of the molecule is CCCC1(C(=O)N[C@H]2CCCNC2)CC1.Cl. The standard InChI is InChI=1S/C12H22N2O.ClH/c1-2-5-12(6-7-12)11(15)14-10-4-3-8-13-9-10;/h10,13H,2-9H2,1H3,(H,14,15);1H/t10-;/m0./s1. The maximum absolute atomic E-state index is 12.0. The van der Waals surface area contributed by atoms with Crippen LogP contribution in [0.25, 0.3) is 0 Å². The van der Waals surface area contributed by atoms with Gasteiger partial charge in [-0.1, -0.05) is 13.3 Å². The molecule has 0 unspecified atom stereocenters. The Morgan fingerprint density at radius 1 is 1.50 bits per heavy atom. The van der Waals surface area contributed by atoms with Crippen LogP contribution in [0.15, 0.2) is 0 Å². The minimum Gasteiger partial charge on any atom is -0.352 e. The van der Waals surface area contributed by atoms with Crippen LogP contribution in [-0.4, -0.2) is 25.0 Å². The van der Waals surface area contributed by atoms with E-state index in [9.17, 15) is 4.79 Å². The van der Waals surface area contributed by atoms with Crippen LogP contribution >= 0.6 is 12.4 Å². The summed E-state index contributed by atoms with van der Waals surface area (Å²) in [5.41, 5.74) is 0.0339. The maximum Gasteiger partial charge on any atom is 0.226 e. The summed E-state index contributed by atoms with van der Waals surface area (Å²) in [6.45, 7) is 4.22. The Kier molecular flexibility index (Phi) is 5.06. The average molecular weight is 247 g/mol. The number of amides is 1. The Labute approximate surface area is 104 Å². The fraction of sp³-hybridized carbons (Fsp3) is 0.917. The second kappa shape index (κ2) is 5.87. The van der Waals surface area contributed by atoms with E-state index < -0.39 is 0 Å². The molecule has 1 aliphatic carbocycles. The maximum atomic E-state index is 12.0. The highest BCUT2D eigenvalue weighted by atomic mass is 35.5. The van der Waals surface area contributed by atoms with Gasteiger partial charge in [-0.15, -0.1) is 12.4 Å². The lowest BCUT2D eigenvalue weighted by molar-refractivity contribution is -0.127. The lowest BCUT2D eigenvalue weighted by Gasteiger charge is -2.26. The molecule has 3 nitrogen and oxygen atoms in total. The minimum absolute atomic E-state index is 0. The Balaban J connectivity index is 0.00000128. The third-order valence-corrected chi connectivity index (χ3v) is 3.70. The molecule has 4 heteroatoms. The van der Waals surface area contributed by atoms with Crippen molar-refractivity contribution in [2.75, 3.05) is 13.1 Å². The predicted molar refractivity (Wildman–Crippen MR) is 67.9 cm³/mol. The van der Waals surface area contributed by atoms with Gasteiger partial charge in [-0.25, -0.2) is 0 Å². The third-order valence-electron chi connectivity index (χ3n) is 3.70. The van der Waals surface area contributed by atoms with E-state index in [1.54, 1.807) is 0 Å². The van der Waals surface area contributed by atoms with Crippen molar-refractivity contribution in [3.63, 3.8) is 0 Å². The molecule has 1 atom stereocenters. The Bertz CT molecular complexity index is 235. The van der Waals surface area contributed by atoms with Gasteiger partial charge in [0.25, 0.3) is 0 Å². The molecule has 0 bridgehead atoms. The molecular formula is C12H23ClN2O. The Morgan fingerprint density at radius 3 is 2.75 bits per heavy atom. The normalized spacial score (nSPS) is 26.7. The fourth-order valence-corrected chi connectivity index (χ4v) is 2.53. The van der Waals surface area contributed by atoms with Gasteiger partial charge in [0.2, 0.25) is 5.91 Å². The first-order chi connectivity index (χ1) is 7.27. The van der Waals surface area contributed by atoms with Crippen LogP contribution in [0.1, 0.15) is 45.4 Å². The van der Waals surface area contributed by atoms with Crippen LogP contribution in [0.4, 0.5) is 0 Å². The quantitative estimate of drug-likeness (QED) is 0.795. The summed E-state index contributed by atoms with van der Waals surface area (Å²) in [7, 11) is 0. The Hall–Kier alpha value is -0.280. The van der Waals surface area contributed by atoms with Gasteiger partial charge in [-0.3, -0.25) is 4.79 Å². The van der Waals surface area contributed by atoms with Crippen molar-refractivity contribution in [1.29, 1.82) is 0 Å². The molecule has 0 spiro atoms. The van der Waals surface area contributed by atoms with E-state index >= 15 is 0 Å². The van der Waals surface area contributed by atoms with Crippen LogP contribution in [0.5, 0.6) is 0 Å². The zero-order chi connectivity index (χ0) is 10.7. The molecule has 0 aromatic carbocycles. The van der Waals surface area contributed by atoms with Crippen molar-refractivity contribution < 1.29 is 4.79 Å². The van der Waals surface area contributed by atoms with Gasteiger partial charge >= 0.3 is 0 Å². The van der Waals surface area contributed by atoms with Crippen LogP contribution in [0.2, 0.25) is 0 Å². The van der Waals surface area contributed by atoms with Gasteiger partial charge in [0, 0.05) is 18.0 Å². The van der Waals surface area contributed by atoms with E-state index in [1.807, 2.05) is 0 Å². The van der Waals surface area contributed by atoms with Crippen molar-refractivity contribution in [2.45, 2.75) is 51.5 Å². The van der Waals surface area contributed by atoms with Gasteiger partial charge in [-0.2, -0.15) is 0 Å². The number of hydrogen-bond acceptors (Lipinski definition) is 2. The van der Waals surface area contributed by atoms with E-state index in [2.05, 4.69) is 17.6 Å². The van der Waals surface area contributed by atoms with E-state index in [1.165, 1.54) is 6.42 Å². The zero-order valence-corrected chi connectivity index (χ0v) is 10.9. The molecule has 1 amide bonds. The largest absolute Gasteiger partial charge is 0.352 e. The van der Waals surface area contributed by atoms with Crippen LogP contribution in [-0.2, 0) is 4.79 Å². The molecule has 2 fully saturated rings. The second-order valence-electron chi connectivity index (χ2n) is 5.05. The first kappa shape index (κ1) is 13.8. The number of carbonyl (C=O) groups excluding carboxylic acids is 1. The number of halogens is 1. The van der Waals surface area contributed by atoms with Crippen molar-refractivity contribution in [3.8, 4) is 0 Å². The van der Waals surface area contributed by atoms with Gasteiger partial charge in [0.05, 0.1) is 0 Å². The number of nitrogens with one attached hydrogen (secondary N) is 2. The third kappa shape index (κ3) is 3.11. The number of carbonyl (C=O) groups is 1. The van der Waals surface area contributed by atoms with Gasteiger partial charge < -0.3 is 10.6 Å². The van der Waals surface area contributed by atoms with Gasteiger partial charge in [0.15, 0.2) is 0 Å². The van der Waals surface area contributed by atoms with Crippen molar-refractivity contribution in [1.82, 2.24) is 10.6 Å². The van der Waals surface area contributed by atoms with E-state index in [0.29, 0.717) is 11.9 Å². The van der Waals surface area contributed by atoms with Gasteiger partial charge in [0.1, 0.15) is 0 Å². The number of hydrogen-bond donors (Lipinski definition) is 2. The lowest BCUT2D eigenvalue weighted by Crippen LogP contribution is -2.47. The van der Waals surface area contributed by atoms with Crippen molar-refractivity contribution in [2.24, 2.45) is 5.41 Å². The average Bonchev–Trinajstić information content (AvgIpc) is 3.01. The molecule has 0 aromatic heterocycles. The monoisotopic (exact) mass is 246 g/mol. The molecule has 1 saturated heterocycles. The second-order valence-corrected chi connectivity index (χ2v) is 5.05. The summed E-state index contributed by atoms with van der Waals surface area (Å²) in [4.78, 5) is 12.0. The first-order valence-electron chi connectivity index (χ1n) is 6.28. The topological polar surface area (TPSA) is 41.1 Å². The molecule has 1 saturated carbocycles. The van der Waals surface area contributed by atoms with Gasteiger partial charge in [-0.05, 0) is 38.6 Å². The molecule has 0 radical (unpaired) electrons. The molecule has 2 N–H and O–H groups in total. The highest BCUT2D eigenvalue weighted by Crippen LogP contribution is 2.49. The minimum atomic E-state index is 0. The summed E-state index contributed by atoms with van der Waals surface area (Å²) in [6.07, 6.45) is 6.72. The van der Waals surface area contributed by atoms with Crippen LogP contribution < -0.4 is 10.6 Å². The zero-order valence-electron chi connectivity index (χ0n) is 10.1. The summed E-state index contributed by atoms with van der Waals surface area (Å²) in [5.74, 6) is 0.318. The molecule has 0 aromatic rings. The number of rotatable bonds is 4. The van der Waals surface area contributed by atoms with E-state index in [0.717, 1.165) is 45.2 Å². The fourth-order valence-electron chi connectivity index (χ4n) is 2.53. The summed E-state index contributed by atoms with van der Waals surface area (Å²) >= 11 is 0. The van der Waals surface area contributed by atoms with Crippen molar-refractivity contribution >= 4 is 18.3 Å². The molecule has 94 valence electrons. The molecule has 2 rings (SSSR count). The molecule has 1 aliphatic heterocycles. The first-order valence-corrected chi connectivity index (χ1v) is 6.28. The van der Waals surface area contributed by atoms with E-state index in [4.69, 9.17) is 0 Å². The lowest BCUT2D eigenvalue weighted by atomic mass is 9.98. The predicted octanol–water partition coefficient (Wildman–Crippen LogP) is 1.86. The highest BCUT2D eigenvalue weighted by molar-refractivity contribution is 5.85. The smallest absolute Gasteiger partial charge is 0.226 e. The summed E-state index contributed by atoms with van der Waals surface area (Å²) in [5, 5.41) is 6.53.